The molecule has 1 amide bonds. The summed E-state index contributed by atoms with van der Waals surface area (Å²) in [5.41, 5.74) is 3.83. The Morgan fingerprint density at radius 3 is 2.58 bits per heavy atom. The number of aromatic nitrogens is 2. The van der Waals surface area contributed by atoms with E-state index in [4.69, 9.17) is 9.47 Å². The van der Waals surface area contributed by atoms with Gasteiger partial charge in [-0.15, -0.1) is 0 Å². The largest absolute Gasteiger partial charge is 0.497 e. The molecule has 6 nitrogen and oxygen atoms in total. The van der Waals surface area contributed by atoms with Gasteiger partial charge in [0.25, 0.3) is 0 Å². The van der Waals surface area contributed by atoms with Gasteiger partial charge in [-0.1, -0.05) is 6.08 Å². The Hall–Kier alpha value is -3.93. The van der Waals surface area contributed by atoms with Crippen molar-refractivity contribution in [3.63, 3.8) is 0 Å². The van der Waals surface area contributed by atoms with Gasteiger partial charge in [0, 0.05) is 40.8 Å². The summed E-state index contributed by atoms with van der Waals surface area (Å²) < 4.78 is 11.4. The van der Waals surface area contributed by atoms with Crippen molar-refractivity contribution in [3.8, 4) is 22.6 Å². The molecule has 0 bridgehead atoms. The molecule has 1 N–H and O–H groups in total. The van der Waals surface area contributed by atoms with Crippen LogP contribution in [-0.4, -0.2) is 28.6 Å². The molecule has 156 valence electrons. The number of rotatable bonds is 5. The minimum absolute atomic E-state index is 0.222. The highest BCUT2D eigenvalue weighted by atomic mass is 16.5. The summed E-state index contributed by atoms with van der Waals surface area (Å²) in [5.74, 6) is 1.29. The third-order valence-corrected chi connectivity index (χ3v) is 4.83. The van der Waals surface area contributed by atoms with E-state index >= 15 is 0 Å². The smallest absolute Gasteiger partial charge is 0.248 e. The molecule has 1 aliphatic rings. The molecule has 4 rings (SSSR count). The van der Waals surface area contributed by atoms with E-state index in [0.717, 1.165) is 33.8 Å². The van der Waals surface area contributed by atoms with E-state index in [1.54, 1.807) is 49.8 Å². The summed E-state index contributed by atoms with van der Waals surface area (Å²) in [7, 11) is 1.60. The summed E-state index contributed by atoms with van der Waals surface area (Å²) in [6.07, 6.45) is 12.3. The minimum Gasteiger partial charge on any atom is -0.497 e. The van der Waals surface area contributed by atoms with Crippen molar-refractivity contribution in [2.45, 2.75) is 19.4 Å². The number of nitrogens with zero attached hydrogens (tertiary/aromatic N) is 2. The van der Waals surface area contributed by atoms with Crippen molar-refractivity contribution < 1.29 is 14.3 Å². The monoisotopic (exact) mass is 413 g/mol. The molecule has 0 fully saturated rings. The van der Waals surface area contributed by atoms with E-state index in [1.807, 2.05) is 38.1 Å². The van der Waals surface area contributed by atoms with Crippen LogP contribution in [0.25, 0.3) is 23.3 Å². The van der Waals surface area contributed by atoms with E-state index < -0.39 is 5.60 Å². The number of ether oxygens (including phenoxy) is 2. The average Bonchev–Trinajstić information content (AvgIpc) is 2.78. The van der Waals surface area contributed by atoms with Gasteiger partial charge < -0.3 is 14.8 Å². The summed E-state index contributed by atoms with van der Waals surface area (Å²) >= 11 is 0. The molecule has 0 saturated heterocycles. The Morgan fingerprint density at radius 1 is 1.13 bits per heavy atom. The molecule has 0 spiro atoms. The fourth-order valence-corrected chi connectivity index (χ4v) is 3.28. The highest BCUT2D eigenvalue weighted by Crippen LogP contribution is 2.40. The van der Waals surface area contributed by atoms with Crippen LogP contribution in [0.1, 0.15) is 25.0 Å². The first-order valence-corrected chi connectivity index (χ1v) is 9.88. The van der Waals surface area contributed by atoms with E-state index in [2.05, 4.69) is 15.3 Å². The predicted molar refractivity (Wildman–Crippen MR) is 122 cm³/mol. The van der Waals surface area contributed by atoms with Gasteiger partial charge in [0.15, 0.2) is 0 Å². The standard InChI is InChI=1S/C25H23N3O3/c1-25(2)11-10-18-12-17(13-22(24(18)31-25)19-14-26-16-27-15-19)4-9-23(29)28-20-5-7-21(30-3)8-6-20/h4-16H,1-3H3,(H,28,29)/b9-4+. The fraction of sp³-hybridized carbons (Fsp3) is 0.160. The highest BCUT2D eigenvalue weighted by molar-refractivity contribution is 6.02. The van der Waals surface area contributed by atoms with Crippen LogP contribution in [0.2, 0.25) is 0 Å². The number of amides is 1. The zero-order valence-corrected chi connectivity index (χ0v) is 17.6. The number of benzene rings is 2. The van der Waals surface area contributed by atoms with Gasteiger partial charge in [0.05, 0.1) is 7.11 Å². The lowest BCUT2D eigenvalue weighted by molar-refractivity contribution is -0.111. The summed E-state index contributed by atoms with van der Waals surface area (Å²) in [6, 6.07) is 11.1. The first-order valence-electron chi connectivity index (χ1n) is 9.88. The van der Waals surface area contributed by atoms with Crippen molar-refractivity contribution in [3.05, 3.63) is 78.4 Å². The van der Waals surface area contributed by atoms with Gasteiger partial charge in [0.1, 0.15) is 23.4 Å². The zero-order valence-electron chi connectivity index (χ0n) is 17.6. The van der Waals surface area contributed by atoms with Crippen molar-refractivity contribution >= 4 is 23.7 Å². The van der Waals surface area contributed by atoms with Crippen LogP contribution in [0.3, 0.4) is 0 Å². The molecular weight excluding hydrogens is 390 g/mol. The highest BCUT2D eigenvalue weighted by Gasteiger charge is 2.25. The number of fused-ring (bicyclic) bond motifs is 1. The molecule has 0 radical (unpaired) electrons. The lowest BCUT2D eigenvalue weighted by Gasteiger charge is -2.29. The third-order valence-electron chi connectivity index (χ3n) is 4.83. The number of nitrogens with one attached hydrogen (secondary N) is 1. The first kappa shape index (κ1) is 20.3. The molecule has 0 atom stereocenters. The van der Waals surface area contributed by atoms with Crippen LogP contribution in [0, 0.1) is 0 Å². The van der Waals surface area contributed by atoms with Crippen LogP contribution >= 0.6 is 0 Å². The normalized spacial score (nSPS) is 14.0. The second kappa shape index (κ2) is 8.44. The maximum atomic E-state index is 12.4. The topological polar surface area (TPSA) is 73.3 Å². The van der Waals surface area contributed by atoms with Crippen molar-refractivity contribution in [2.24, 2.45) is 0 Å². The number of carbonyl (C=O) groups excluding carboxylic acids is 1. The molecule has 2 aromatic carbocycles. The van der Waals surface area contributed by atoms with Crippen molar-refractivity contribution in [2.75, 3.05) is 12.4 Å². The van der Waals surface area contributed by atoms with Crippen LogP contribution in [0.15, 0.2) is 67.3 Å². The number of anilines is 1. The van der Waals surface area contributed by atoms with Crippen molar-refractivity contribution in [1.29, 1.82) is 0 Å². The van der Waals surface area contributed by atoms with Gasteiger partial charge in [-0.25, -0.2) is 9.97 Å². The molecule has 2 heterocycles. The quantitative estimate of drug-likeness (QED) is 0.597. The Bertz CT molecular complexity index is 1150. The minimum atomic E-state index is -0.410. The molecule has 0 aliphatic carbocycles. The van der Waals surface area contributed by atoms with E-state index in [-0.39, 0.29) is 5.91 Å². The Balaban J connectivity index is 1.62. The van der Waals surface area contributed by atoms with Gasteiger partial charge in [-0.05, 0) is 68.0 Å². The summed E-state index contributed by atoms with van der Waals surface area (Å²) in [5, 5.41) is 2.84. The second-order valence-electron chi connectivity index (χ2n) is 7.70. The predicted octanol–water partition coefficient (Wildman–Crippen LogP) is 4.99. The van der Waals surface area contributed by atoms with Gasteiger partial charge in [-0.2, -0.15) is 0 Å². The summed E-state index contributed by atoms with van der Waals surface area (Å²) in [4.78, 5) is 20.6. The maximum Gasteiger partial charge on any atom is 0.248 e. The molecule has 31 heavy (non-hydrogen) atoms. The Morgan fingerprint density at radius 2 is 1.87 bits per heavy atom. The SMILES string of the molecule is COc1ccc(NC(=O)/C=C/c2cc3c(c(-c4cncnc4)c2)OC(C)(C)C=C3)cc1. The molecule has 3 aromatic rings. The maximum absolute atomic E-state index is 12.4. The molecule has 6 heteroatoms. The molecule has 0 unspecified atom stereocenters. The Kier molecular flexibility index (Phi) is 5.54. The molecule has 1 aromatic heterocycles. The number of hydrogen-bond donors (Lipinski definition) is 1. The molecule has 1 aliphatic heterocycles. The lowest BCUT2D eigenvalue weighted by Crippen LogP contribution is -2.27. The van der Waals surface area contributed by atoms with Gasteiger partial charge in [-0.3, -0.25) is 4.79 Å². The summed E-state index contributed by atoms with van der Waals surface area (Å²) in [6.45, 7) is 4.02. The van der Waals surface area contributed by atoms with Crippen LogP contribution < -0.4 is 14.8 Å². The fourth-order valence-electron chi connectivity index (χ4n) is 3.28. The zero-order chi connectivity index (χ0) is 21.8. The van der Waals surface area contributed by atoms with Crippen LogP contribution in [0.5, 0.6) is 11.5 Å². The number of methoxy groups -OCH3 is 1. The van der Waals surface area contributed by atoms with E-state index in [9.17, 15) is 4.79 Å². The van der Waals surface area contributed by atoms with Gasteiger partial charge >= 0.3 is 0 Å². The third kappa shape index (κ3) is 4.80. The Labute approximate surface area is 181 Å². The van der Waals surface area contributed by atoms with Crippen LogP contribution in [0.4, 0.5) is 5.69 Å². The van der Waals surface area contributed by atoms with E-state index in [1.165, 1.54) is 12.4 Å². The number of carbonyl (C=O) groups is 1. The molecular formula is C25H23N3O3. The molecule has 0 saturated carbocycles. The number of hydrogen-bond acceptors (Lipinski definition) is 5. The average molecular weight is 413 g/mol. The second-order valence-corrected chi connectivity index (χ2v) is 7.70. The van der Waals surface area contributed by atoms with Gasteiger partial charge in [0.2, 0.25) is 5.91 Å². The van der Waals surface area contributed by atoms with Crippen molar-refractivity contribution in [1.82, 2.24) is 9.97 Å². The van der Waals surface area contributed by atoms with Crippen LogP contribution in [-0.2, 0) is 4.79 Å². The lowest BCUT2D eigenvalue weighted by atomic mass is 9.95. The van der Waals surface area contributed by atoms with E-state index in [0.29, 0.717) is 5.69 Å². The first-order chi connectivity index (χ1) is 14.9.